The number of fused-ring (bicyclic) bond motifs is 1. The Balaban J connectivity index is 1.80. The predicted octanol–water partition coefficient (Wildman–Crippen LogP) is 0.0253. The molecule has 1 fully saturated rings. The van der Waals surface area contributed by atoms with E-state index in [1.165, 1.54) is 4.90 Å². The van der Waals surface area contributed by atoms with E-state index in [4.69, 9.17) is 4.74 Å². The van der Waals surface area contributed by atoms with Crippen LogP contribution in [0.25, 0.3) is 0 Å². The van der Waals surface area contributed by atoms with Crippen molar-refractivity contribution in [1.82, 2.24) is 10.2 Å². The number of piperidine rings is 1. The summed E-state index contributed by atoms with van der Waals surface area (Å²) < 4.78 is 5.21. The predicted molar refractivity (Wildman–Crippen MR) is 74.0 cm³/mol. The van der Waals surface area contributed by atoms with Gasteiger partial charge in [0.1, 0.15) is 18.4 Å². The molecule has 0 saturated carbocycles. The zero-order chi connectivity index (χ0) is 15.7. The molecule has 0 radical (unpaired) electrons. The molecule has 1 saturated heterocycles. The summed E-state index contributed by atoms with van der Waals surface area (Å²) in [6, 6.07) is 4.32. The summed E-state index contributed by atoms with van der Waals surface area (Å²) >= 11 is 0. The van der Waals surface area contributed by atoms with Gasteiger partial charge in [0.15, 0.2) is 6.29 Å². The number of amides is 3. The molecule has 2 heterocycles. The van der Waals surface area contributed by atoms with E-state index in [1.54, 1.807) is 18.2 Å². The highest BCUT2D eigenvalue weighted by molar-refractivity contribution is 6.05. The van der Waals surface area contributed by atoms with E-state index in [-0.39, 0.29) is 24.8 Å². The highest BCUT2D eigenvalue weighted by atomic mass is 16.5. The molecule has 114 valence electrons. The maximum Gasteiger partial charge on any atom is 0.255 e. The Kier molecular flexibility index (Phi) is 3.62. The van der Waals surface area contributed by atoms with E-state index in [9.17, 15) is 19.2 Å². The Bertz CT molecular complexity index is 670. The van der Waals surface area contributed by atoms with Gasteiger partial charge in [0.05, 0.1) is 0 Å². The summed E-state index contributed by atoms with van der Waals surface area (Å²) in [7, 11) is 0. The van der Waals surface area contributed by atoms with Crippen LogP contribution in [-0.4, -0.2) is 41.6 Å². The van der Waals surface area contributed by atoms with Gasteiger partial charge in [-0.05, 0) is 30.2 Å². The van der Waals surface area contributed by atoms with Gasteiger partial charge in [-0.3, -0.25) is 24.5 Å². The van der Waals surface area contributed by atoms with Crippen LogP contribution >= 0.6 is 0 Å². The number of imide groups is 1. The normalized spacial score (nSPS) is 20.6. The zero-order valence-electron chi connectivity index (χ0n) is 11.7. The van der Waals surface area contributed by atoms with Crippen LogP contribution in [0.2, 0.25) is 0 Å². The van der Waals surface area contributed by atoms with Crippen molar-refractivity contribution in [2.75, 3.05) is 6.61 Å². The minimum atomic E-state index is -0.628. The number of carbonyl (C=O) groups is 4. The number of hydrogen-bond acceptors (Lipinski definition) is 5. The molecule has 1 atom stereocenters. The first-order valence-corrected chi connectivity index (χ1v) is 6.94. The summed E-state index contributed by atoms with van der Waals surface area (Å²) in [4.78, 5) is 47.3. The van der Waals surface area contributed by atoms with Crippen molar-refractivity contribution in [2.24, 2.45) is 0 Å². The molecule has 7 nitrogen and oxygen atoms in total. The van der Waals surface area contributed by atoms with Crippen LogP contribution in [-0.2, 0) is 20.9 Å². The summed E-state index contributed by atoms with van der Waals surface area (Å²) in [6.45, 7) is 0.238. The van der Waals surface area contributed by atoms with Crippen molar-refractivity contribution in [1.29, 1.82) is 0 Å². The monoisotopic (exact) mass is 302 g/mol. The second-order valence-corrected chi connectivity index (χ2v) is 5.20. The van der Waals surface area contributed by atoms with Crippen molar-refractivity contribution in [3.8, 4) is 5.75 Å². The van der Waals surface area contributed by atoms with Crippen LogP contribution in [0.1, 0.15) is 28.8 Å². The third-order valence-electron chi connectivity index (χ3n) is 3.81. The molecule has 22 heavy (non-hydrogen) atoms. The molecule has 1 aromatic carbocycles. The van der Waals surface area contributed by atoms with Gasteiger partial charge in [-0.1, -0.05) is 0 Å². The molecule has 1 N–H and O–H groups in total. The first-order valence-electron chi connectivity index (χ1n) is 6.94. The van der Waals surface area contributed by atoms with Crippen molar-refractivity contribution >= 4 is 24.0 Å². The second-order valence-electron chi connectivity index (χ2n) is 5.20. The van der Waals surface area contributed by atoms with Crippen molar-refractivity contribution in [2.45, 2.75) is 25.4 Å². The van der Waals surface area contributed by atoms with E-state index in [1.807, 2.05) is 0 Å². The fourth-order valence-electron chi connectivity index (χ4n) is 2.77. The van der Waals surface area contributed by atoms with Gasteiger partial charge in [0, 0.05) is 18.5 Å². The van der Waals surface area contributed by atoms with Gasteiger partial charge < -0.3 is 9.64 Å². The third-order valence-corrected chi connectivity index (χ3v) is 3.81. The molecule has 0 aromatic heterocycles. The van der Waals surface area contributed by atoms with E-state index in [0.29, 0.717) is 30.6 Å². The lowest BCUT2D eigenvalue weighted by atomic mass is 10.0. The molecule has 3 rings (SSSR count). The van der Waals surface area contributed by atoms with E-state index >= 15 is 0 Å². The first kappa shape index (κ1) is 14.2. The van der Waals surface area contributed by atoms with Gasteiger partial charge >= 0.3 is 0 Å². The minimum Gasteiger partial charge on any atom is -0.486 e. The molecule has 0 bridgehead atoms. The number of nitrogens with one attached hydrogen (secondary N) is 1. The fraction of sp³-hybridized carbons (Fsp3) is 0.333. The molecule has 0 aliphatic carbocycles. The van der Waals surface area contributed by atoms with Gasteiger partial charge in [-0.2, -0.15) is 0 Å². The van der Waals surface area contributed by atoms with Crippen molar-refractivity contribution < 1.29 is 23.9 Å². The lowest BCUT2D eigenvalue weighted by Gasteiger charge is -2.29. The van der Waals surface area contributed by atoms with Crippen LogP contribution in [0.3, 0.4) is 0 Å². The van der Waals surface area contributed by atoms with E-state index in [0.717, 1.165) is 5.56 Å². The average Bonchev–Trinajstić information content (AvgIpc) is 2.82. The number of ether oxygens (including phenoxy) is 1. The Labute approximate surface area is 126 Å². The Morgan fingerprint density at radius 2 is 2.14 bits per heavy atom. The molecular weight excluding hydrogens is 288 g/mol. The maximum atomic E-state index is 12.4. The largest absolute Gasteiger partial charge is 0.486 e. The van der Waals surface area contributed by atoms with Gasteiger partial charge in [-0.15, -0.1) is 0 Å². The molecule has 2 aliphatic rings. The highest BCUT2D eigenvalue weighted by Gasteiger charge is 2.39. The number of aldehydes is 1. The van der Waals surface area contributed by atoms with Gasteiger partial charge in [-0.25, -0.2) is 0 Å². The number of carbonyl (C=O) groups excluding carboxylic acids is 4. The van der Waals surface area contributed by atoms with Crippen LogP contribution < -0.4 is 10.1 Å². The van der Waals surface area contributed by atoms with Gasteiger partial charge in [0.2, 0.25) is 11.8 Å². The van der Waals surface area contributed by atoms with Crippen molar-refractivity contribution in [3.05, 3.63) is 29.3 Å². The number of rotatable bonds is 4. The van der Waals surface area contributed by atoms with Gasteiger partial charge in [0.25, 0.3) is 5.91 Å². The fourth-order valence-corrected chi connectivity index (χ4v) is 2.77. The zero-order valence-corrected chi connectivity index (χ0v) is 11.7. The Morgan fingerprint density at radius 3 is 2.86 bits per heavy atom. The highest BCUT2D eigenvalue weighted by Crippen LogP contribution is 2.29. The Hall–Kier alpha value is -2.70. The minimum absolute atomic E-state index is 0.0520. The summed E-state index contributed by atoms with van der Waals surface area (Å²) in [5, 5.41) is 2.26. The number of nitrogens with zero attached hydrogens (tertiary/aromatic N) is 1. The molecule has 7 heteroatoms. The summed E-state index contributed by atoms with van der Waals surface area (Å²) in [6.07, 6.45) is 1.21. The Morgan fingerprint density at radius 1 is 1.32 bits per heavy atom. The molecule has 2 aliphatic heterocycles. The standard InChI is InChI=1S/C15H14N2O5/c18-5-6-22-10-1-2-11-9(7-10)8-17(15(11)21)12-3-4-13(19)16-14(12)20/h1-2,5,7,12H,3-4,6,8H2,(H,16,19,20)/t12-/m0/s1. The number of benzene rings is 1. The smallest absolute Gasteiger partial charge is 0.255 e. The SMILES string of the molecule is O=CCOc1ccc2c(c1)CN([C@H]1CCC(=O)NC1=O)C2=O. The summed E-state index contributed by atoms with van der Waals surface area (Å²) in [5.41, 5.74) is 1.27. The average molecular weight is 302 g/mol. The van der Waals surface area contributed by atoms with E-state index in [2.05, 4.69) is 5.32 Å². The molecule has 0 unspecified atom stereocenters. The quantitative estimate of drug-likeness (QED) is 0.625. The topological polar surface area (TPSA) is 92.8 Å². The first-order chi connectivity index (χ1) is 10.6. The maximum absolute atomic E-state index is 12.4. The summed E-state index contributed by atoms with van der Waals surface area (Å²) in [5.74, 6) is -0.472. The van der Waals surface area contributed by atoms with E-state index < -0.39 is 11.9 Å². The van der Waals surface area contributed by atoms with Crippen LogP contribution in [0, 0.1) is 0 Å². The molecule has 1 aromatic rings. The van der Waals surface area contributed by atoms with Crippen LogP contribution in [0.4, 0.5) is 0 Å². The third kappa shape index (κ3) is 2.45. The number of hydrogen-bond donors (Lipinski definition) is 1. The molecular formula is C15H14N2O5. The van der Waals surface area contributed by atoms with Crippen LogP contribution in [0.5, 0.6) is 5.75 Å². The van der Waals surface area contributed by atoms with Crippen molar-refractivity contribution in [3.63, 3.8) is 0 Å². The lowest BCUT2D eigenvalue weighted by molar-refractivity contribution is -0.136. The van der Waals surface area contributed by atoms with Crippen LogP contribution in [0.15, 0.2) is 18.2 Å². The molecule has 0 spiro atoms. The second kappa shape index (κ2) is 5.59. The lowest BCUT2D eigenvalue weighted by Crippen LogP contribution is -2.52. The molecule has 3 amide bonds.